The summed E-state index contributed by atoms with van der Waals surface area (Å²) in [6.45, 7) is 0.690. The summed E-state index contributed by atoms with van der Waals surface area (Å²) in [5.41, 5.74) is 1.89. The topological polar surface area (TPSA) is 29.5 Å². The molecule has 0 atom stereocenters. The smallest absolute Gasteiger partial charge is 0.410 e. The summed E-state index contributed by atoms with van der Waals surface area (Å²) in [5, 5.41) is 0.624. The lowest BCUT2D eigenvalue weighted by Gasteiger charge is -2.18. The van der Waals surface area contributed by atoms with Crippen LogP contribution in [0.5, 0.6) is 0 Å². The highest BCUT2D eigenvalue weighted by atomic mass is 79.9. The molecule has 0 saturated heterocycles. The Labute approximate surface area is 137 Å². The van der Waals surface area contributed by atoms with E-state index in [1.807, 2.05) is 42.5 Å². The molecular weight excluding hydrogens is 354 g/mol. The second kappa shape index (κ2) is 7.48. The van der Waals surface area contributed by atoms with Crippen molar-refractivity contribution in [3.8, 4) is 0 Å². The molecule has 0 bridgehead atoms. The highest BCUT2D eigenvalue weighted by Gasteiger charge is 2.13. The summed E-state index contributed by atoms with van der Waals surface area (Å²) < 4.78 is 6.07. The fraction of sp³-hybridized carbons (Fsp3) is 0.188. The number of carbonyl (C=O) groups is 1. The summed E-state index contributed by atoms with van der Waals surface area (Å²) >= 11 is 9.46. The fourth-order valence-electron chi connectivity index (χ4n) is 1.82. The lowest BCUT2D eigenvalue weighted by Crippen LogP contribution is -2.27. The molecule has 0 saturated carbocycles. The molecule has 110 valence electrons. The Bertz CT molecular complexity index is 619. The summed E-state index contributed by atoms with van der Waals surface area (Å²) in [7, 11) is 1.70. The van der Waals surface area contributed by atoms with E-state index in [1.165, 1.54) is 4.90 Å². The minimum absolute atomic E-state index is 0.265. The Morgan fingerprint density at radius 3 is 2.62 bits per heavy atom. The van der Waals surface area contributed by atoms with Crippen molar-refractivity contribution in [2.75, 3.05) is 7.05 Å². The molecule has 0 heterocycles. The van der Waals surface area contributed by atoms with E-state index in [4.69, 9.17) is 16.3 Å². The molecule has 0 radical (unpaired) electrons. The predicted molar refractivity (Wildman–Crippen MR) is 87.2 cm³/mol. The summed E-state index contributed by atoms with van der Waals surface area (Å²) in [4.78, 5) is 13.5. The Kier molecular flexibility index (Phi) is 5.65. The van der Waals surface area contributed by atoms with Gasteiger partial charge >= 0.3 is 6.09 Å². The Morgan fingerprint density at radius 1 is 1.19 bits per heavy atom. The molecule has 0 spiro atoms. The molecule has 1 amide bonds. The van der Waals surface area contributed by atoms with Gasteiger partial charge < -0.3 is 9.64 Å². The molecule has 5 heteroatoms. The molecule has 0 unspecified atom stereocenters. The van der Waals surface area contributed by atoms with E-state index in [9.17, 15) is 4.79 Å². The van der Waals surface area contributed by atoms with Crippen molar-refractivity contribution in [1.82, 2.24) is 4.90 Å². The van der Waals surface area contributed by atoms with E-state index < -0.39 is 0 Å². The van der Waals surface area contributed by atoms with Crippen molar-refractivity contribution in [2.45, 2.75) is 13.2 Å². The van der Waals surface area contributed by atoms with Gasteiger partial charge in [0, 0.05) is 18.1 Å². The Morgan fingerprint density at radius 2 is 1.90 bits per heavy atom. The van der Waals surface area contributed by atoms with E-state index in [0.717, 1.165) is 15.6 Å². The maximum absolute atomic E-state index is 12.0. The first-order valence-corrected chi connectivity index (χ1v) is 7.59. The van der Waals surface area contributed by atoms with Gasteiger partial charge in [-0.15, -0.1) is 0 Å². The highest BCUT2D eigenvalue weighted by molar-refractivity contribution is 9.10. The summed E-state index contributed by atoms with van der Waals surface area (Å²) in [5.74, 6) is 0. The van der Waals surface area contributed by atoms with Gasteiger partial charge in [-0.3, -0.25) is 0 Å². The molecule has 2 aromatic rings. The first-order chi connectivity index (χ1) is 10.1. The minimum Gasteiger partial charge on any atom is -0.445 e. The fourth-order valence-corrected chi connectivity index (χ4v) is 2.40. The number of carbonyl (C=O) groups excluding carboxylic acids is 1. The first kappa shape index (κ1) is 15.9. The van der Waals surface area contributed by atoms with Gasteiger partial charge in [-0.2, -0.15) is 0 Å². The number of hydrogen-bond donors (Lipinski definition) is 0. The maximum Gasteiger partial charge on any atom is 0.410 e. The van der Waals surface area contributed by atoms with Crippen LogP contribution < -0.4 is 0 Å². The third-order valence-electron chi connectivity index (χ3n) is 2.96. The number of amides is 1. The highest BCUT2D eigenvalue weighted by Crippen LogP contribution is 2.26. The van der Waals surface area contributed by atoms with Gasteiger partial charge in [-0.1, -0.05) is 54.1 Å². The number of nitrogens with zero attached hydrogens (tertiary/aromatic N) is 1. The van der Waals surface area contributed by atoms with Crippen LogP contribution in [0.15, 0.2) is 53.0 Å². The van der Waals surface area contributed by atoms with Crippen LogP contribution in [0.25, 0.3) is 0 Å². The molecule has 2 rings (SSSR count). The van der Waals surface area contributed by atoms with Crippen LogP contribution in [-0.4, -0.2) is 18.0 Å². The maximum atomic E-state index is 12.0. The van der Waals surface area contributed by atoms with Gasteiger partial charge in [0.1, 0.15) is 6.61 Å². The SMILES string of the molecule is CN(Cc1cccc(Cl)c1Br)C(=O)OCc1ccccc1. The quantitative estimate of drug-likeness (QED) is 0.770. The molecule has 2 aromatic carbocycles. The lowest BCUT2D eigenvalue weighted by atomic mass is 10.2. The molecule has 0 N–H and O–H groups in total. The van der Waals surface area contributed by atoms with Gasteiger partial charge in [0.15, 0.2) is 0 Å². The van der Waals surface area contributed by atoms with Gasteiger partial charge in [0.05, 0.1) is 5.02 Å². The van der Waals surface area contributed by atoms with Crippen LogP contribution in [0.4, 0.5) is 4.79 Å². The molecule has 0 fully saturated rings. The number of hydrogen-bond acceptors (Lipinski definition) is 2. The molecule has 21 heavy (non-hydrogen) atoms. The Hall–Kier alpha value is -1.52. The molecule has 0 aromatic heterocycles. The van der Waals surface area contributed by atoms with Crippen LogP contribution in [0, 0.1) is 0 Å². The van der Waals surface area contributed by atoms with Crippen LogP contribution in [0.1, 0.15) is 11.1 Å². The number of halogens is 2. The molecule has 3 nitrogen and oxygen atoms in total. The van der Waals surface area contributed by atoms with Gasteiger partial charge in [-0.05, 0) is 33.1 Å². The monoisotopic (exact) mass is 367 g/mol. The van der Waals surface area contributed by atoms with Crippen molar-refractivity contribution < 1.29 is 9.53 Å². The van der Waals surface area contributed by atoms with Gasteiger partial charge in [0.25, 0.3) is 0 Å². The average Bonchev–Trinajstić information content (AvgIpc) is 2.50. The van der Waals surface area contributed by atoms with E-state index in [-0.39, 0.29) is 12.7 Å². The van der Waals surface area contributed by atoms with Crippen LogP contribution in [0.2, 0.25) is 5.02 Å². The molecular formula is C16H15BrClNO2. The largest absolute Gasteiger partial charge is 0.445 e. The third-order valence-corrected chi connectivity index (χ3v) is 4.44. The molecule has 0 aliphatic heterocycles. The van der Waals surface area contributed by atoms with E-state index in [0.29, 0.717) is 11.6 Å². The number of rotatable bonds is 4. The van der Waals surface area contributed by atoms with Gasteiger partial charge in [-0.25, -0.2) is 4.79 Å². The van der Waals surface area contributed by atoms with E-state index in [1.54, 1.807) is 13.1 Å². The molecule has 0 aliphatic rings. The zero-order valence-electron chi connectivity index (χ0n) is 11.6. The summed E-state index contributed by atoms with van der Waals surface area (Å²) in [6, 6.07) is 15.1. The number of ether oxygens (including phenoxy) is 1. The summed E-state index contributed by atoms with van der Waals surface area (Å²) in [6.07, 6.45) is -0.370. The normalized spacial score (nSPS) is 10.2. The zero-order chi connectivity index (χ0) is 15.2. The van der Waals surface area contributed by atoms with E-state index in [2.05, 4.69) is 15.9 Å². The van der Waals surface area contributed by atoms with Crippen molar-refractivity contribution >= 4 is 33.6 Å². The third kappa shape index (κ3) is 4.48. The van der Waals surface area contributed by atoms with Crippen molar-refractivity contribution in [3.05, 3.63) is 69.2 Å². The first-order valence-electron chi connectivity index (χ1n) is 6.42. The zero-order valence-corrected chi connectivity index (χ0v) is 13.9. The molecule has 0 aliphatic carbocycles. The van der Waals surface area contributed by atoms with Gasteiger partial charge in [0.2, 0.25) is 0 Å². The average molecular weight is 369 g/mol. The second-order valence-electron chi connectivity index (χ2n) is 4.61. The van der Waals surface area contributed by atoms with Crippen molar-refractivity contribution in [3.63, 3.8) is 0 Å². The van der Waals surface area contributed by atoms with Crippen LogP contribution in [0.3, 0.4) is 0 Å². The van der Waals surface area contributed by atoms with Crippen molar-refractivity contribution in [2.24, 2.45) is 0 Å². The predicted octanol–water partition coefficient (Wildman–Crippen LogP) is 4.87. The lowest BCUT2D eigenvalue weighted by molar-refractivity contribution is 0.103. The Balaban J connectivity index is 1.92. The van der Waals surface area contributed by atoms with E-state index >= 15 is 0 Å². The standard InChI is InChI=1S/C16H15BrClNO2/c1-19(10-13-8-5-9-14(18)15(13)17)16(20)21-11-12-6-3-2-4-7-12/h2-9H,10-11H2,1H3. The van der Waals surface area contributed by atoms with Crippen molar-refractivity contribution in [1.29, 1.82) is 0 Å². The second-order valence-corrected chi connectivity index (χ2v) is 5.81. The minimum atomic E-state index is -0.370. The van der Waals surface area contributed by atoms with Crippen LogP contribution >= 0.6 is 27.5 Å². The number of benzene rings is 2. The van der Waals surface area contributed by atoms with Crippen LogP contribution in [-0.2, 0) is 17.9 Å².